The van der Waals surface area contributed by atoms with Crippen LogP contribution in [0.4, 0.5) is 0 Å². The molecule has 66 valence electrons. The van der Waals surface area contributed by atoms with Crippen LogP contribution in [0.5, 0.6) is 5.75 Å². The first-order chi connectivity index (χ1) is 5.83. The van der Waals surface area contributed by atoms with Crippen LogP contribution in [-0.2, 0) is 15.5 Å². The van der Waals surface area contributed by atoms with Gasteiger partial charge in [0.2, 0.25) is 0 Å². The van der Waals surface area contributed by atoms with Crippen molar-refractivity contribution >= 4 is 11.4 Å². The molecule has 0 amide bonds. The first-order valence-electron chi connectivity index (χ1n) is 3.31. The van der Waals surface area contributed by atoms with Gasteiger partial charge in [-0.05, 0) is 12.1 Å². The second kappa shape index (κ2) is 4.87. The third-order valence-electron chi connectivity index (χ3n) is 1.07. The molecule has 1 atom stereocenters. The number of hydrogen-bond donors (Lipinski definition) is 1. The Morgan fingerprint density at radius 2 is 2.00 bits per heavy atom. The highest BCUT2D eigenvalue weighted by Gasteiger charge is 1.99. The zero-order chi connectivity index (χ0) is 8.81. The van der Waals surface area contributed by atoms with Crippen molar-refractivity contribution in [3.05, 3.63) is 30.3 Å². The van der Waals surface area contributed by atoms with Crippen molar-refractivity contribution in [1.82, 2.24) is 0 Å². The Hall–Kier alpha value is -0.910. The van der Waals surface area contributed by atoms with Gasteiger partial charge in [0, 0.05) is 0 Å². The number of nitrogens with two attached hydrogens (primary N) is 1. The summed E-state index contributed by atoms with van der Waals surface area (Å²) in [5.74, 6) is 0.490. The number of rotatable bonds is 4. The van der Waals surface area contributed by atoms with E-state index in [0.29, 0.717) is 5.75 Å². The molecule has 0 radical (unpaired) electrons. The normalized spacial score (nSPS) is 12.4. The first-order valence-corrected chi connectivity index (χ1v) is 4.31. The fourth-order valence-corrected chi connectivity index (χ4v) is 1.06. The molecule has 0 bridgehead atoms. The average molecular weight is 187 g/mol. The van der Waals surface area contributed by atoms with Crippen molar-refractivity contribution < 1.29 is 12.6 Å². The van der Waals surface area contributed by atoms with Crippen LogP contribution in [0.3, 0.4) is 0 Å². The molecule has 0 heterocycles. The van der Waals surface area contributed by atoms with E-state index in [9.17, 15) is 4.21 Å². The van der Waals surface area contributed by atoms with Gasteiger partial charge in [-0.1, -0.05) is 18.2 Å². The van der Waals surface area contributed by atoms with Crippen molar-refractivity contribution in [3.8, 4) is 5.75 Å². The van der Waals surface area contributed by atoms with E-state index in [1.54, 1.807) is 24.3 Å². The van der Waals surface area contributed by atoms with Gasteiger partial charge in [-0.25, -0.2) is 4.18 Å². The van der Waals surface area contributed by atoms with Gasteiger partial charge in [0.1, 0.15) is 12.5 Å². The monoisotopic (exact) mass is 187 g/mol. The van der Waals surface area contributed by atoms with Gasteiger partial charge in [-0.2, -0.15) is 4.21 Å². The molecule has 0 aliphatic heterocycles. The molecule has 0 aromatic heterocycles. The van der Waals surface area contributed by atoms with Crippen molar-refractivity contribution in [3.63, 3.8) is 0 Å². The molecule has 1 rings (SSSR count). The third-order valence-corrected chi connectivity index (χ3v) is 1.73. The lowest BCUT2D eigenvalue weighted by Gasteiger charge is -2.01. The summed E-state index contributed by atoms with van der Waals surface area (Å²) in [4.78, 5) is 0. The molecule has 0 saturated heterocycles. The SMILES string of the molecule is NCOS(=O)Oc1ccccc1. The van der Waals surface area contributed by atoms with Crippen LogP contribution >= 0.6 is 0 Å². The van der Waals surface area contributed by atoms with E-state index >= 15 is 0 Å². The molecule has 5 heteroatoms. The summed E-state index contributed by atoms with van der Waals surface area (Å²) in [5, 5.41) is 0. The number of para-hydroxylation sites is 1. The second-order valence-electron chi connectivity index (χ2n) is 1.89. The first kappa shape index (κ1) is 9.18. The lowest BCUT2D eigenvalue weighted by molar-refractivity contribution is 0.320. The van der Waals surface area contributed by atoms with E-state index in [0.717, 1.165) is 0 Å². The van der Waals surface area contributed by atoms with Gasteiger partial charge in [0.15, 0.2) is 0 Å². The summed E-state index contributed by atoms with van der Waals surface area (Å²) in [6.07, 6.45) is 0. The lowest BCUT2D eigenvalue weighted by Crippen LogP contribution is -2.11. The molecule has 0 spiro atoms. The summed E-state index contributed by atoms with van der Waals surface area (Å²) < 4.78 is 20.1. The molecular weight excluding hydrogens is 178 g/mol. The highest BCUT2D eigenvalue weighted by molar-refractivity contribution is 7.75. The molecule has 1 unspecified atom stereocenters. The van der Waals surface area contributed by atoms with Crippen LogP contribution in [0.15, 0.2) is 30.3 Å². The van der Waals surface area contributed by atoms with Gasteiger partial charge >= 0.3 is 11.4 Å². The molecule has 12 heavy (non-hydrogen) atoms. The van der Waals surface area contributed by atoms with Crippen LogP contribution < -0.4 is 9.92 Å². The highest BCUT2D eigenvalue weighted by atomic mass is 32.2. The lowest BCUT2D eigenvalue weighted by atomic mass is 10.3. The Balaban J connectivity index is 2.47. The summed E-state index contributed by atoms with van der Waals surface area (Å²) in [6.45, 7) is -0.126. The van der Waals surface area contributed by atoms with Crippen LogP contribution in [-0.4, -0.2) is 10.9 Å². The van der Waals surface area contributed by atoms with E-state index < -0.39 is 11.4 Å². The maximum absolute atomic E-state index is 10.8. The topological polar surface area (TPSA) is 61.5 Å². The van der Waals surface area contributed by atoms with E-state index in [4.69, 9.17) is 9.92 Å². The van der Waals surface area contributed by atoms with Crippen molar-refractivity contribution in [1.29, 1.82) is 0 Å². The van der Waals surface area contributed by atoms with Gasteiger partial charge < -0.3 is 9.92 Å². The Kier molecular flexibility index (Phi) is 3.72. The summed E-state index contributed by atoms with van der Waals surface area (Å²) in [7, 11) is 0. The van der Waals surface area contributed by atoms with Crippen LogP contribution in [0.1, 0.15) is 0 Å². The molecule has 2 N–H and O–H groups in total. The zero-order valence-electron chi connectivity index (χ0n) is 6.30. The van der Waals surface area contributed by atoms with Crippen LogP contribution in [0.25, 0.3) is 0 Å². The summed E-state index contributed by atoms with van der Waals surface area (Å²) in [6, 6.07) is 8.74. The minimum atomic E-state index is -1.80. The van der Waals surface area contributed by atoms with E-state index in [1.165, 1.54) is 0 Å². The van der Waals surface area contributed by atoms with E-state index in [1.807, 2.05) is 6.07 Å². The maximum Gasteiger partial charge on any atom is 0.361 e. The largest absolute Gasteiger partial charge is 0.380 e. The predicted molar refractivity (Wildman–Crippen MR) is 45.4 cm³/mol. The fourth-order valence-electron chi connectivity index (χ4n) is 0.634. The maximum atomic E-state index is 10.8. The Labute approximate surface area is 73.2 Å². The molecule has 0 aliphatic carbocycles. The van der Waals surface area contributed by atoms with Crippen LogP contribution in [0, 0.1) is 0 Å². The second-order valence-corrected chi connectivity index (χ2v) is 2.70. The molecule has 0 aliphatic rings. The summed E-state index contributed by atoms with van der Waals surface area (Å²) in [5.41, 5.74) is 4.99. The van der Waals surface area contributed by atoms with Crippen molar-refractivity contribution in [2.45, 2.75) is 0 Å². The molecule has 0 saturated carbocycles. The average Bonchev–Trinajstić information content (AvgIpc) is 2.06. The quantitative estimate of drug-likeness (QED) is 0.700. The van der Waals surface area contributed by atoms with E-state index in [2.05, 4.69) is 4.18 Å². The van der Waals surface area contributed by atoms with Gasteiger partial charge in [-0.15, -0.1) is 0 Å². The number of benzene rings is 1. The van der Waals surface area contributed by atoms with Crippen molar-refractivity contribution in [2.75, 3.05) is 6.73 Å². The molecular formula is C7H9NO3S. The molecule has 4 nitrogen and oxygen atoms in total. The van der Waals surface area contributed by atoms with Crippen molar-refractivity contribution in [2.24, 2.45) is 5.73 Å². The van der Waals surface area contributed by atoms with Gasteiger partial charge in [0.05, 0.1) is 0 Å². The van der Waals surface area contributed by atoms with Crippen LogP contribution in [0.2, 0.25) is 0 Å². The fraction of sp³-hybridized carbons (Fsp3) is 0.143. The molecule has 1 aromatic rings. The Morgan fingerprint density at radius 3 is 2.58 bits per heavy atom. The van der Waals surface area contributed by atoms with Gasteiger partial charge in [0.25, 0.3) is 0 Å². The minimum absolute atomic E-state index is 0.126. The van der Waals surface area contributed by atoms with E-state index in [-0.39, 0.29) is 6.73 Å². The standard InChI is InChI=1S/C7H9NO3S/c8-6-10-12(9)11-7-4-2-1-3-5-7/h1-5H,6,8H2. The van der Waals surface area contributed by atoms with Gasteiger partial charge in [-0.3, -0.25) is 0 Å². The highest BCUT2D eigenvalue weighted by Crippen LogP contribution is 2.09. The Bertz CT molecular complexity index is 252. The zero-order valence-corrected chi connectivity index (χ0v) is 7.12. The third kappa shape index (κ3) is 3.00. The number of hydrogen-bond acceptors (Lipinski definition) is 4. The minimum Gasteiger partial charge on any atom is -0.380 e. The molecule has 0 fully saturated rings. The molecule has 1 aromatic carbocycles. The Morgan fingerprint density at radius 1 is 1.33 bits per heavy atom. The summed E-state index contributed by atoms with van der Waals surface area (Å²) >= 11 is -1.80. The smallest absolute Gasteiger partial charge is 0.361 e. The predicted octanol–water partition coefficient (Wildman–Crippen LogP) is 0.577.